The zero-order valence-corrected chi connectivity index (χ0v) is 17.8. The first-order valence-corrected chi connectivity index (χ1v) is 9.21. The summed E-state index contributed by atoms with van der Waals surface area (Å²) in [6.45, 7) is 0. The molecule has 9 heteroatoms. The summed E-state index contributed by atoms with van der Waals surface area (Å²) in [7, 11) is 6.01. The number of carbonyl (C=O) groups excluding carboxylic acids is 1. The molecular formula is C20H18BrN3O5. The Morgan fingerprint density at radius 3 is 2.10 bits per heavy atom. The van der Waals surface area contributed by atoms with Gasteiger partial charge < -0.3 is 18.9 Å². The normalized spacial score (nSPS) is 10.4. The van der Waals surface area contributed by atoms with Crippen molar-refractivity contribution >= 4 is 21.7 Å². The lowest BCUT2D eigenvalue weighted by Gasteiger charge is -2.12. The van der Waals surface area contributed by atoms with Gasteiger partial charge in [0.1, 0.15) is 5.75 Å². The molecule has 0 bridgehead atoms. The molecule has 0 radical (unpaired) electrons. The molecule has 0 aliphatic carbocycles. The number of carbonyl (C=O) groups is 1. The molecule has 1 heterocycles. The number of ether oxygens (including phenoxy) is 4. The Balaban J connectivity index is 2.01. The Labute approximate surface area is 175 Å². The lowest BCUT2D eigenvalue weighted by molar-refractivity contribution is 0.102. The highest BCUT2D eigenvalue weighted by Gasteiger charge is 2.24. The number of aromatic nitrogens is 3. The third-order valence-corrected chi connectivity index (χ3v) is 4.79. The second-order valence-electron chi connectivity index (χ2n) is 5.74. The van der Waals surface area contributed by atoms with E-state index in [1.165, 1.54) is 21.3 Å². The number of halogens is 1. The number of hydrogen-bond acceptors (Lipinski definition) is 8. The second kappa shape index (κ2) is 8.87. The number of rotatable bonds is 7. The summed E-state index contributed by atoms with van der Waals surface area (Å²) >= 11 is 3.38. The summed E-state index contributed by atoms with van der Waals surface area (Å²) in [5, 5.41) is 8.16. The van der Waals surface area contributed by atoms with Gasteiger partial charge in [-0.3, -0.25) is 4.79 Å². The van der Waals surface area contributed by atoms with Crippen LogP contribution in [0.1, 0.15) is 16.1 Å². The van der Waals surface area contributed by atoms with E-state index in [1.807, 2.05) is 0 Å². The second-order valence-corrected chi connectivity index (χ2v) is 6.59. The number of benzene rings is 2. The van der Waals surface area contributed by atoms with Crippen LogP contribution in [0.3, 0.4) is 0 Å². The van der Waals surface area contributed by atoms with Crippen molar-refractivity contribution in [1.82, 2.24) is 15.2 Å². The fraction of sp³-hybridized carbons (Fsp3) is 0.200. The highest BCUT2D eigenvalue weighted by molar-refractivity contribution is 9.10. The average Bonchev–Trinajstić information content (AvgIpc) is 2.77. The molecule has 0 N–H and O–H groups in total. The van der Waals surface area contributed by atoms with Gasteiger partial charge in [-0.15, -0.1) is 10.2 Å². The molecule has 0 saturated heterocycles. The van der Waals surface area contributed by atoms with E-state index in [0.29, 0.717) is 38.7 Å². The van der Waals surface area contributed by atoms with Crippen molar-refractivity contribution in [1.29, 1.82) is 0 Å². The maximum atomic E-state index is 13.1. The van der Waals surface area contributed by atoms with Crippen LogP contribution >= 0.6 is 15.9 Å². The van der Waals surface area contributed by atoms with Crippen LogP contribution in [0.4, 0.5) is 0 Å². The standard InChI is InChI=1S/C20H18BrN3O5/c1-26-12-7-5-11(6-8-12)19-22-20(29-4)17(23-24-19)18(25)13-9-15(27-2)16(28-3)10-14(13)21/h5-10H,1-4H3. The number of methoxy groups -OCH3 is 4. The Hall–Kier alpha value is -3.20. The first-order valence-electron chi connectivity index (χ1n) is 8.41. The molecule has 0 amide bonds. The molecule has 8 nitrogen and oxygen atoms in total. The largest absolute Gasteiger partial charge is 0.497 e. The Morgan fingerprint density at radius 1 is 0.862 bits per heavy atom. The first kappa shape index (κ1) is 20.5. The van der Waals surface area contributed by atoms with Crippen molar-refractivity contribution < 1.29 is 23.7 Å². The molecule has 150 valence electrons. The van der Waals surface area contributed by atoms with Crippen LogP contribution in [-0.2, 0) is 0 Å². The lowest BCUT2D eigenvalue weighted by atomic mass is 10.1. The molecule has 3 aromatic rings. The molecule has 29 heavy (non-hydrogen) atoms. The molecule has 0 saturated carbocycles. The maximum absolute atomic E-state index is 13.1. The third kappa shape index (κ3) is 4.14. The van der Waals surface area contributed by atoms with E-state index < -0.39 is 5.78 Å². The van der Waals surface area contributed by atoms with Gasteiger partial charge in [0.25, 0.3) is 0 Å². The molecule has 2 aromatic carbocycles. The highest BCUT2D eigenvalue weighted by Crippen LogP contribution is 2.35. The Bertz CT molecular complexity index is 1040. The predicted octanol–water partition coefficient (Wildman–Crippen LogP) is 3.57. The molecule has 0 spiro atoms. The van der Waals surface area contributed by atoms with Crippen molar-refractivity contribution in [2.24, 2.45) is 0 Å². The molecule has 0 aliphatic heterocycles. The van der Waals surface area contributed by atoms with Gasteiger partial charge in [-0.25, -0.2) is 0 Å². The third-order valence-electron chi connectivity index (χ3n) is 4.13. The lowest BCUT2D eigenvalue weighted by Crippen LogP contribution is -2.11. The molecule has 1 aromatic heterocycles. The van der Waals surface area contributed by atoms with Gasteiger partial charge in [-0.05, 0) is 52.3 Å². The molecule has 0 aliphatic rings. The van der Waals surface area contributed by atoms with Gasteiger partial charge in [-0.2, -0.15) is 4.98 Å². The zero-order chi connectivity index (χ0) is 21.0. The van der Waals surface area contributed by atoms with E-state index in [4.69, 9.17) is 18.9 Å². The number of ketones is 1. The smallest absolute Gasteiger partial charge is 0.247 e. The zero-order valence-electron chi connectivity index (χ0n) is 16.2. The van der Waals surface area contributed by atoms with Gasteiger partial charge >= 0.3 is 0 Å². The SMILES string of the molecule is COc1ccc(-c2nnc(C(=O)c3cc(OC)c(OC)cc3Br)c(OC)n2)cc1. The topological polar surface area (TPSA) is 92.7 Å². The minimum absolute atomic E-state index is 0.0160. The van der Waals surface area contributed by atoms with Crippen LogP contribution in [0.15, 0.2) is 40.9 Å². The summed E-state index contributed by atoms with van der Waals surface area (Å²) in [4.78, 5) is 17.4. The van der Waals surface area contributed by atoms with Crippen LogP contribution in [0.2, 0.25) is 0 Å². The van der Waals surface area contributed by atoms with Crippen molar-refractivity contribution in [2.75, 3.05) is 28.4 Å². The fourth-order valence-corrected chi connectivity index (χ4v) is 3.12. The van der Waals surface area contributed by atoms with Crippen LogP contribution in [0, 0.1) is 0 Å². The maximum Gasteiger partial charge on any atom is 0.247 e. The molecule has 0 fully saturated rings. The van der Waals surface area contributed by atoms with Crippen LogP contribution in [0.5, 0.6) is 23.1 Å². The van der Waals surface area contributed by atoms with Crippen LogP contribution in [0.25, 0.3) is 11.4 Å². The van der Waals surface area contributed by atoms with E-state index in [9.17, 15) is 4.79 Å². The van der Waals surface area contributed by atoms with Crippen LogP contribution < -0.4 is 18.9 Å². The minimum Gasteiger partial charge on any atom is -0.497 e. The molecule has 0 unspecified atom stereocenters. The van der Waals surface area contributed by atoms with Gasteiger partial charge in [0.15, 0.2) is 23.0 Å². The highest BCUT2D eigenvalue weighted by atomic mass is 79.9. The van der Waals surface area contributed by atoms with Crippen molar-refractivity contribution in [2.45, 2.75) is 0 Å². The van der Waals surface area contributed by atoms with E-state index in [1.54, 1.807) is 43.5 Å². The summed E-state index contributed by atoms with van der Waals surface area (Å²) in [6.07, 6.45) is 0. The van der Waals surface area contributed by atoms with Gasteiger partial charge in [0, 0.05) is 15.6 Å². The summed E-state index contributed by atoms with van der Waals surface area (Å²) in [5.41, 5.74) is 1.01. The molecule has 0 atom stereocenters. The average molecular weight is 460 g/mol. The van der Waals surface area contributed by atoms with Crippen molar-refractivity contribution in [3.05, 3.63) is 52.1 Å². The van der Waals surface area contributed by atoms with Crippen molar-refractivity contribution in [3.63, 3.8) is 0 Å². The summed E-state index contributed by atoms with van der Waals surface area (Å²) in [5.74, 6) is 1.58. The first-order chi connectivity index (χ1) is 14.0. The molecular weight excluding hydrogens is 442 g/mol. The monoisotopic (exact) mass is 459 g/mol. The predicted molar refractivity (Wildman–Crippen MR) is 109 cm³/mol. The number of nitrogens with zero attached hydrogens (tertiary/aromatic N) is 3. The molecule has 3 rings (SSSR count). The summed E-state index contributed by atoms with van der Waals surface area (Å²) in [6, 6.07) is 10.4. The van der Waals surface area contributed by atoms with Gasteiger partial charge in [0.05, 0.1) is 28.4 Å². The van der Waals surface area contributed by atoms with Crippen molar-refractivity contribution in [3.8, 4) is 34.5 Å². The van der Waals surface area contributed by atoms with E-state index in [2.05, 4.69) is 31.1 Å². The number of hydrogen-bond donors (Lipinski definition) is 0. The summed E-state index contributed by atoms with van der Waals surface area (Å²) < 4.78 is 21.5. The fourth-order valence-electron chi connectivity index (χ4n) is 2.61. The quantitative estimate of drug-likeness (QED) is 0.495. The minimum atomic E-state index is -0.420. The van der Waals surface area contributed by atoms with E-state index in [-0.39, 0.29) is 11.6 Å². The Morgan fingerprint density at radius 2 is 1.52 bits per heavy atom. The van der Waals surface area contributed by atoms with Gasteiger partial charge in [0.2, 0.25) is 11.7 Å². The Kier molecular flexibility index (Phi) is 6.28. The van der Waals surface area contributed by atoms with E-state index >= 15 is 0 Å². The van der Waals surface area contributed by atoms with Crippen LogP contribution in [-0.4, -0.2) is 49.4 Å². The van der Waals surface area contributed by atoms with Gasteiger partial charge in [-0.1, -0.05) is 0 Å². The van der Waals surface area contributed by atoms with E-state index in [0.717, 1.165) is 0 Å².